The van der Waals surface area contributed by atoms with Crippen molar-refractivity contribution in [2.24, 2.45) is 5.41 Å². The van der Waals surface area contributed by atoms with Crippen molar-refractivity contribution < 1.29 is 14.3 Å². The maximum absolute atomic E-state index is 12.8. The van der Waals surface area contributed by atoms with Gasteiger partial charge < -0.3 is 10.4 Å². The molecule has 0 spiro atoms. The van der Waals surface area contributed by atoms with Crippen LogP contribution < -0.4 is 5.32 Å². The van der Waals surface area contributed by atoms with Gasteiger partial charge >= 0.3 is 0 Å². The molecule has 0 atom stereocenters. The van der Waals surface area contributed by atoms with Gasteiger partial charge in [0, 0.05) is 18.2 Å². The van der Waals surface area contributed by atoms with Gasteiger partial charge in [-0.15, -0.1) is 0 Å². The van der Waals surface area contributed by atoms with Crippen molar-refractivity contribution in [2.45, 2.75) is 12.8 Å². The van der Waals surface area contributed by atoms with Gasteiger partial charge in [0.25, 0.3) is 5.91 Å². The van der Waals surface area contributed by atoms with Crippen LogP contribution in [-0.2, 0) is 0 Å². The van der Waals surface area contributed by atoms with E-state index in [4.69, 9.17) is 5.11 Å². The Morgan fingerprint density at radius 2 is 2.31 bits per heavy atom. The zero-order chi connectivity index (χ0) is 11.6. The smallest absolute Gasteiger partial charge is 0.252 e. The van der Waals surface area contributed by atoms with Crippen LogP contribution in [0.1, 0.15) is 23.2 Å². The lowest BCUT2D eigenvalue weighted by molar-refractivity contribution is 0.0934. The molecule has 1 amide bonds. The molecule has 0 saturated heterocycles. The number of aliphatic hydroxyl groups is 1. The van der Waals surface area contributed by atoms with Gasteiger partial charge in [0.2, 0.25) is 0 Å². The fourth-order valence-corrected chi connectivity index (χ4v) is 1.47. The Kier molecular flexibility index (Phi) is 2.87. The Morgan fingerprint density at radius 1 is 1.56 bits per heavy atom. The van der Waals surface area contributed by atoms with Crippen molar-refractivity contribution in [2.75, 3.05) is 13.2 Å². The van der Waals surface area contributed by atoms with Crippen molar-refractivity contribution >= 4 is 5.91 Å². The standard InChI is InChI=1S/C11H13FN2O2/c12-9-3-8(4-13-5-9)10(16)14-6-11(7-15)1-2-11/h3-5,15H,1-2,6-7H2,(H,14,16). The van der Waals surface area contributed by atoms with E-state index >= 15 is 0 Å². The van der Waals surface area contributed by atoms with Crippen molar-refractivity contribution in [3.8, 4) is 0 Å². The highest BCUT2D eigenvalue weighted by Crippen LogP contribution is 2.44. The molecule has 2 N–H and O–H groups in total. The first-order chi connectivity index (χ1) is 7.65. The van der Waals surface area contributed by atoms with E-state index < -0.39 is 5.82 Å². The highest BCUT2D eigenvalue weighted by Gasteiger charge is 2.42. The highest BCUT2D eigenvalue weighted by atomic mass is 19.1. The van der Waals surface area contributed by atoms with Crippen LogP contribution in [0.4, 0.5) is 4.39 Å². The second kappa shape index (κ2) is 4.17. The van der Waals surface area contributed by atoms with E-state index in [-0.39, 0.29) is 23.5 Å². The van der Waals surface area contributed by atoms with E-state index in [9.17, 15) is 9.18 Å². The second-order valence-corrected chi connectivity index (χ2v) is 4.23. The molecule has 0 aromatic carbocycles. The lowest BCUT2D eigenvalue weighted by Gasteiger charge is -2.12. The van der Waals surface area contributed by atoms with Crippen molar-refractivity contribution in [1.82, 2.24) is 10.3 Å². The molecule has 0 unspecified atom stereocenters. The largest absolute Gasteiger partial charge is 0.396 e. The summed E-state index contributed by atoms with van der Waals surface area (Å²) in [6, 6.07) is 1.14. The van der Waals surface area contributed by atoms with Crippen molar-refractivity contribution in [1.29, 1.82) is 0 Å². The third-order valence-electron chi connectivity index (χ3n) is 2.88. The second-order valence-electron chi connectivity index (χ2n) is 4.23. The van der Waals surface area contributed by atoms with E-state index in [1.165, 1.54) is 6.20 Å². The minimum atomic E-state index is -0.532. The first kappa shape index (κ1) is 11.0. The molecule has 2 rings (SSSR count). The first-order valence-electron chi connectivity index (χ1n) is 5.15. The number of hydrogen-bond acceptors (Lipinski definition) is 3. The van der Waals surface area contributed by atoms with Crippen molar-refractivity contribution in [3.05, 3.63) is 29.8 Å². The van der Waals surface area contributed by atoms with Gasteiger partial charge in [0.15, 0.2) is 0 Å². The number of pyridine rings is 1. The van der Waals surface area contributed by atoms with Gasteiger partial charge in [0.05, 0.1) is 18.4 Å². The van der Waals surface area contributed by atoms with E-state index in [0.29, 0.717) is 6.54 Å². The molecular weight excluding hydrogens is 211 g/mol. The molecule has 0 radical (unpaired) electrons. The van der Waals surface area contributed by atoms with Crippen LogP contribution in [0.15, 0.2) is 18.5 Å². The van der Waals surface area contributed by atoms with Crippen LogP contribution in [0.3, 0.4) is 0 Å². The molecule has 1 saturated carbocycles. The lowest BCUT2D eigenvalue weighted by atomic mass is 10.1. The Hall–Kier alpha value is -1.49. The van der Waals surface area contributed by atoms with Crippen molar-refractivity contribution in [3.63, 3.8) is 0 Å². The van der Waals surface area contributed by atoms with Gasteiger partial charge in [-0.25, -0.2) is 4.39 Å². The Balaban J connectivity index is 1.93. The molecule has 1 heterocycles. The van der Waals surface area contributed by atoms with E-state index in [1.807, 2.05) is 0 Å². The number of rotatable bonds is 4. The minimum Gasteiger partial charge on any atom is -0.396 e. The molecule has 16 heavy (non-hydrogen) atoms. The maximum Gasteiger partial charge on any atom is 0.252 e. The quantitative estimate of drug-likeness (QED) is 0.792. The van der Waals surface area contributed by atoms with Gasteiger partial charge in [-0.2, -0.15) is 0 Å². The highest BCUT2D eigenvalue weighted by molar-refractivity contribution is 5.93. The summed E-state index contributed by atoms with van der Waals surface area (Å²) in [5.41, 5.74) is 0.0601. The van der Waals surface area contributed by atoms with E-state index in [2.05, 4.69) is 10.3 Å². The van der Waals surface area contributed by atoms with Crippen LogP contribution in [0.25, 0.3) is 0 Å². The number of amides is 1. The molecule has 0 bridgehead atoms. The van der Waals surface area contributed by atoms with E-state index in [0.717, 1.165) is 25.1 Å². The normalized spacial score (nSPS) is 16.9. The number of halogens is 1. The number of nitrogens with zero attached hydrogens (tertiary/aromatic N) is 1. The molecule has 4 nitrogen and oxygen atoms in total. The zero-order valence-corrected chi connectivity index (χ0v) is 8.74. The molecule has 0 aliphatic heterocycles. The topological polar surface area (TPSA) is 62.2 Å². The number of aliphatic hydroxyl groups excluding tert-OH is 1. The molecule has 1 aliphatic carbocycles. The number of carbonyl (C=O) groups excluding carboxylic acids is 1. The van der Waals surface area contributed by atoms with Gasteiger partial charge in [-0.1, -0.05) is 0 Å². The summed E-state index contributed by atoms with van der Waals surface area (Å²) in [5, 5.41) is 11.7. The summed E-state index contributed by atoms with van der Waals surface area (Å²) < 4.78 is 12.8. The number of hydrogen-bond donors (Lipinski definition) is 2. The van der Waals surface area contributed by atoms with Crippen LogP contribution in [0.2, 0.25) is 0 Å². The minimum absolute atomic E-state index is 0.0781. The predicted octanol–water partition coefficient (Wildman–Crippen LogP) is 0.723. The summed E-state index contributed by atoms with van der Waals surface area (Å²) in [6.07, 6.45) is 4.21. The number of nitrogens with one attached hydrogen (secondary N) is 1. The fraction of sp³-hybridized carbons (Fsp3) is 0.455. The molecule has 1 aromatic rings. The van der Waals surface area contributed by atoms with Crippen LogP contribution >= 0.6 is 0 Å². The van der Waals surface area contributed by atoms with Crippen LogP contribution in [0.5, 0.6) is 0 Å². The zero-order valence-electron chi connectivity index (χ0n) is 8.74. The summed E-state index contributed by atoms with van der Waals surface area (Å²) in [6.45, 7) is 0.507. The van der Waals surface area contributed by atoms with E-state index in [1.54, 1.807) is 0 Å². The monoisotopic (exact) mass is 224 g/mol. The van der Waals surface area contributed by atoms with Crippen LogP contribution in [-0.4, -0.2) is 29.1 Å². The van der Waals surface area contributed by atoms with Crippen LogP contribution in [0, 0.1) is 11.2 Å². The van der Waals surface area contributed by atoms with Gasteiger partial charge in [-0.05, 0) is 18.9 Å². The maximum atomic E-state index is 12.8. The summed E-state index contributed by atoms with van der Waals surface area (Å²) >= 11 is 0. The Bertz CT molecular complexity index is 405. The summed E-state index contributed by atoms with van der Waals surface area (Å²) in [5.74, 6) is -0.886. The molecule has 1 aromatic heterocycles. The molecule has 5 heteroatoms. The number of aromatic nitrogens is 1. The lowest BCUT2D eigenvalue weighted by Crippen LogP contribution is -2.31. The molecule has 86 valence electrons. The van der Waals surface area contributed by atoms with Gasteiger partial charge in [0.1, 0.15) is 5.82 Å². The predicted molar refractivity (Wildman–Crippen MR) is 55.3 cm³/mol. The third kappa shape index (κ3) is 2.36. The number of carbonyl (C=O) groups is 1. The summed E-state index contributed by atoms with van der Waals surface area (Å²) in [7, 11) is 0. The molecule has 1 fully saturated rings. The SMILES string of the molecule is O=C(NCC1(CO)CC1)c1cncc(F)c1. The molecular formula is C11H13FN2O2. The fourth-order valence-electron chi connectivity index (χ4n) is 1.47. The Labute approximate surface area is 92.5 Å². The summed E-state index contributed by atoms with van der Waals surface area (Å²) in [4.78, 5) is 15.2. The third-order valence-corrected chi connectivity index (χ3v) is 2.88. The van der Waals surface area contributed by atoms with Gasteiger partial charge in [-0.3, -0.25) is 9.78 Å². The molecule has 1 aliphatic rings. The average Bonchev–Trinajstić information content (AvgIpc) is 3.07. The Morgan fingerprint density at radius 3 is 2.88 bits per heavy atom. The first-order valence-corrected chi connectivity index (χ1v) is 5.15. The average molecular weight is 224 g/mol.